The molecule has 1 fully saturated rings. The molecular weight excluding hydrogens is 300 g/mol. The number of rotatable bonds is 4. The molecule has 0 aromatic heterocycles. The molecule has 0 saturated carbocycles. The zero-order valence-corrected chi connectivity index (χ0v) is 14.1. The predicted octanol–water partition coefficient (Wildman–Crippen LogP) is 0.806. The minimum Gasteiger partial charge on any atom is -0.340 e. The highest BCUT2D eigenvalue weighted by Gasteiger charge is 2.33. The van der Waals surface area contributed by atoms with Crippen molar-refractivity contribution in [2.45, 2.75) is 18.1 Å². The van der Waals surface area contributed by atoms with Crippen molar-refractivity contribution < 1.29 is 13.2 Å². The predicted molar refractivity (Wildman–Crippen MR) is 87.5 cm³/mol. The highest BCUT2D eigenvalue weighted by atomic mass is 32.2. The van der Waals surface area contributed by atoms with Gasteiger partial charge >= 0.3 is 0 Å². The van der Waals surface area contributed by atoms with Crippen molar-refractivity contribution in [3.63, 3.8) is 0 Å². The van der Waals surface area contributed by atoms with E-state index in [1.165, 1.54) is 0 Å². The van der Waals surface area contributed by atoms with Crippen LogP contribution in [0.15, 0.2) is 30.3 Å². The Morgan fingerprint density at radius 2 is 1.82 bits per heavy atom. The molecular formula is C16H24N2O3S. The van der Waals surface area contributed by atoms with E-state index in [1.807, 2.05) is 37.4 Å². The molecule has 122 valence electrons. The molecule has 0 unspecified atom stereocenters. The lowest BCUT2D eigenvalue weighted by Crippen LogP contribution is -2.45. The Kier molecular flexibility index (Phi) is 5.58. The largest absolute Gasteiger partial charge is 0.340 e. The van der Waals surface area contributed by atoms with Crippen molar-refractivity contribution in [3.05, 3.63) is 35.9 Å². The van der Waals surface area contributed by atoms with E-state index in [1.54, 1.807) is 4.90 Å². The number of benzene rings is 1. The van der Waals surface area contributed by atoms with Gasteiger partial charge in [-0.1, -0.05) is 30.3 Å². The molecule has 1 aromatic carbocycles. The van der Waals surface area contributed by atoms with Crippen molar-refractivity contribution in [2.24, 2.45) is 0 Å². The van der Waals surface area contributed by atoms with Crippen molar-refractivity contribution in [1.29, 1.82) is 0 Å². The van der Waals surface area contributed by atoms with Crippen LogP contribution in [0.2, 0.25) is 0 Å². The first kappa shape index (κ1) is 17.0. The Morgan fingerprint density at radius 3 is 2.45 bits per heavy atom. The molecule has 2 rings (SSSR count). The smallest absolute Gasteiger partial charge is 0.241 e. The summed E-state index contributed by atoms with van der Waals surface area (Å²) in [5.41, 5.74) is 0.873. The molecule has 6 heteroatoms. The number of hydrogen-bond acceptors (Lipinski definition) is 4. The fourth-order valence-electron chi connectivity index (χ4n) is 2.72. The molecule has 22 heavy (non-hydrogen) atoms. The van der Waals surface area contributed by atoms with Crippen molar-refractivity contribution in [2.75, 3.05) is 39.5 Å². The zero-order valence-electron chi connectivity index (χ0n) is 13.2. The second kappa shape index (κ2) is 7.24. The van der Waals surface area contributed by atoms with E-state index >= 15 is 0 Å². The van der Waals surface area contributed by atoms with Crippen molar-refractivity contribution in [1.82, 2.24) is 9.80 Å². The third-order valence-corrected chi connectivity index (χ3v) is 5.49. The van der Waals surface area contributed by atoms with Crippen LogP contribution in [0.5, 0.6) is 0 Å². The fourth-order valence-corrected chi connectivity index (χ4v) is 3.73. The minimum atomic E-state index is -3.44. The van der Waals surface area contributed by atoms with Gasteiger partial charge in [-0.3, -0.25) is 4.79 Å². The number of likely N-dealkylation sites (N-methyl/N-ethyl adjacent to an activating group) is 1. The Morgan fingerprint density at radius 1 is 1.14 bits per heavy atom. The summed E-state index contributed by atoms with van der Waals surface area (Å²) in [5.74, 6) is -0.262. The first-order valence-electron chi connectivity index (χ1n) is 7.58. The first-order chi connectivity index (χ1) is 10.4. The van der Waals surface area contributed by atoms with Crippen LogP contribution in [0.4, 0.5) is 0 Å². The molecule has 0 spiro atoms. The van der Waals surface area contributed by atoms with Crippen LogP contribution in [0.25, 0.3) is 0 Å². The quantitative estimate of drug-likeness (QED) is 0.822. The second-order valence-electron chi connectivity index (χ2n) is 5.99. The molecule has 0 radical (unpaired) electrons. The number of hydrogen-bond donors (Lipinski definition) is 0. The summed E-state index contributed by atoms with van der Waals surface area (Å²) in [4.78, 5) is 16.6. The topological polar surface area (TPSA) is 57.7 Å². The van der Waals surface area contributed by atoms with Crippen molar-refractivity contribution in [3.8, 4) is 0 Å². The van der Waals surface area contributed by atoms with Crippen LogP contribution >= 0.6 is 0 Å². The maximum atomic E-state index is 12.7. The van der Waals surface area contributed by atoms with Gasteiger partial charge in [0.2, 0.25) is 5.91 Å². The number of nitrogens with zero attached hydrogens (tertiary/aromatic N) is 2. The van der Waals surface area contributed by atoms with E-state index in [0.717, 1.165) is 31.3 Å². The van der Waals surface area contributed by atoms with E-state index in [4.69, 9.17) is 0 Å². The number of carbonyl (C=O) groups is 1. The Hall–Kier alpha value is -1.40. The van der Waals surface area contributed by atoms with E-state index < -0.39 is 15.1 Å². The highest BCUT2D eigenvalue weighted by molar-refractivity contribution is 7.92. The summed E-state index contributed by atoms with van der Waals surface area (Å²) in [7, 11) is -1.42. The van der Waals surface area contributed by atoms with Crippen LogP contribution in [0.3, 0.4) is 0 Å². The lowest BCUT2D eigenvalue weighted by Gasteiger charge is -2.25. The van der Waals surface area contributed by atoms with Gasteiger partial charge in [-0.05, 0) is 32.0 Å². The van der Waals surface area contributed by atoms with Gasteiger partial charge in [0.15, 0.2) is 9.84 Å². The molecule has 1 aliphatic rings. The summed E-state index contributed by atoms with van der Waals surface area (Å²) in [6.07, 6.45) is 2.28. The van der Waals surface area contributed by atoms with Crippen LogP contribution in [-0.4, -0.2) is 68.9 Å². The normalized spacial score (nSPS) is 18.7. The van der Waals surface area contributed by atoms with Crippen LogP contribution in [-0.2, 0) is 21.1 Å². The summed E-state index contributed by atoms with van der Waals surface area (Å²) in [6, 6.07) is 9.33. The second-order valence-corrected chi connectivity index (χ2v) is 8.22. The van der Waals surface area contributed by atoms with Gasteiger partial charge in [0.05, 0.1) is 0 Å². The average molecular weight is 324 g/mol. The zero-order chi connectivity index (χ0) is 16.2. The molecule has 1 amide bonds. The third kappa shape index (κ3) is 4.55. The molecule has 1 heterocycles. The summed E-state index contributed by atoms with van der Waals surface area (Å²) in [5, 5.41) is -0.988. The highest BCUT2D eigenvalue weighted by Crippen LogP contribution is 2.14. The first-order valence-corrected chi connectivity index (χ1v) is 9.53. The summed E-state index contributed by atoms with van der Waals surface area (Å²) in [6.45, 7) is 2.94. The Balaban J connectivity index is 2.16. The molecule has 1 atom stereocenters. The molecule has 0 N–H and O–H groups in total. The fraction of sp³-hybridized carbons (Fsp3) is 0.562. The van der Waals surface area contributed by atoms with Gasteiger partial charge in [-0.2, -0.15) is 0 Å². The molecule has 0 aliphatic carbocycles. The minimum absolute atomic E-state index is 0.241. The lowest BCUT2D eigenvalue weighted by atomic mass is 10.1. The van der Waals surface area contributed by atoms with Gasteiger partial charge in [0.25, 0.3) is 0 Å². The van der Waals surface area contributed by atoms with Gasteiger partial charge in [-0.25, -0.2) is 8.42 Å². The van der Waals surface area contributed by atoms with Crippen LogP contribution in [0, 0.1) is 0 Å². The molecule has 1 saturated heterocycles. The van der Waals surface area contributed by atoms with Gasteiger partial charge < -0.3 is 9.80 Å². The maximum Gasteiger partial charge on any atom is 0.241 e. The van der Waals surface area contributed by atoms with E-state index in [2.05, 4.69) is 4.90 Å². The number of amides is 1. The van der Waals surface area contributed by atoms with E-state index in [0.29, 0.717) is 13.1 Å². The van der Waals surface area contributed by atoms with Gasteiger partial charge in [0, 0.05) is 25.9 Å². The van der Waals surface area contributed by atoms with Crippen LogP contribution < -0.4 is 0 Å². The molecule has 1 aliphatic heterocycles. The Labute approximate surface area is 132 Å². The SMILES string of the molecule is CN1CCCN(C(=O)[C@@H](Cc2ccccc2)S(C)(=O)=O)CC1. The molecule has 1 aromatic rings. The van der Waals surface area contributed by atoms with Gasteiger partial charge in [-0.15, -0.1) is 0 Å². The monoisotopic (exact) mass is 324 g/mol. The number of sulfone groups is 1. The maximum absolute atomic E-state index is 12.7. The standard InChI is InChI=1S/C16H24N2O3S/c1-17-9-6-10-18(12-11-17)16(19)15(22(2,20)21)13-14-7-4-3-5-8-14/h3-5,7-8,15H,6,9-13H2,1-2H3/t15-/m1/s1. The van der Waals surface area contributed by atoms with E-state index in [9.17, 15) is 13.2 Å². The Bertz CT molecular complexity index is 601. The summed E-state index contributed by atoms with van der Waals surface area (Å²) < 4.78 is 24.2. The lowest BCUT2D eigenvalue weighted by molar-refractivity contribution is -0.130. The number of carbonyl (C=O) groups excluding carboxylic acids is 1. The van der Waals surface area contributed by atoms with E-state index in [-0.39, 0.29) is 12.3 Å². The van der Waals surface area contributed by atoms with Crippen LogP contribution in [0.1, 0.15) is 12.0 Å². The molecule has 0 bridgehead atoms. The van der Waals surface area contributed by atoms with Crippen molar-refractivity contribution >= 4 is 15.7 Å². The third-order valence-electron chi connectivity index (χ3n) is 4.09. The van der Waals surface area contributed by atoms with Gasteiger partial charge in [0.1, 0.15) is 5.25 Å². The molecule has 5 nitrogen and oxygen atoms in total. The average Bonchev–Trinajstić information content (AvgIpc) is 2.69. The summed E-state index contributed by atoms with van der Waals surface area (Å²) >= 11 is 0.